The number of amides is 1. The first-order chi connectivity index (χ1) is 10.8. The van der Waals surface area contributed by atoms with E-state index in [-0.39, 0.29) is 5.91 Å². The molecular formula is C17H27N3OS. The van der Waals surface area contributed by atoms with Gasteiger partial charge >= 0.3 is 0 Å². The van der Waals surface area contributed by atoms with E-state index in [1.54, 1.807) is 11.3 Å². The molecule has 4 nitrogen and oxygen atoms in total. The van der Waals surface area contributed by atoms with Gasteiger partial charge in [0.15, 0.2) is 0 Å². The second kappa shape index (κ2) is 8.09. The molecule has 3 heterocycles. The zero-order valence-electron chi connectivity index (χ0n) is 13.3. The maximum absolute atomic E-state index is 12.0. The Balaban J connectivity index is 1.31. The number of hydrogen-bond donors (Lipinski definition) is 1. The van der Waals surface area contributed by atoms with Crippen molar-refractivity contribution in [1.29, 1.82) is 0 Å². The van der Waals surface area contributed by atoms with Gasteiger partial charge in [0.1, 0.15) is 0 Å². The molecule has 1 N–H and O–H groups in total. The van der Waals surface area contributed by atoms with E-state index in [0.717, 1.165) is 32.1 Å². The third-order valence-corrected chi connectivity index (χ3v) is 5.79. The molecule has 0 bridgehead atoms. The van der Waals surface area contributed by atoms with Crippen LogP contribution in [0.1, 0.15) is 30.6 Å². The van der Waals surface area contributed by atoms with Crippen LogP contribution in [0, 0.1) is 0 Å². The van der Waals surface area contributed by atoms with Crippen LogP contribution < -0.4 is 5.32 Å². The molecule has 0 spiro atoms. The molecule has 2 fully saturated rings. The smallest absolute Gasteiger partial charge is 0.234 e. The fourth-order valence-electron chi connectivity index (χ4n) is 3.59. The highest BCUT2D eigenvalue weighted by atomic mass is 32.1. The summed E-state index contributed by atoms with van der Waals surface area (Å²) in [6, 6.07) is 4.95. The Morgan fingerprint density at radius 2 is 2.00 bits per heavy atom. The number of carbonyl (C=O) groups is 1. The molecule has 5 heteroatoms. The fourth-order valence-corrected chi connectivity index (χ4v) is 4.30. The van der Waals surface area contributed by atoms with Crippen molar-refractivity contribution in [2.45, 2.75) is 38.1 Å². The van der Waals surface area contributed by atoms with Crippen LogP contribution in [0.3, 0.4) is 0 Å². The van der Waals surface area contributed by atoms with Gasteiger partial charge in [-0.2, -0.15) is 0 Å². The molecule has 122 valence electrons. The van der Waals surface area contributed by atoms with Crippen LogP contribution in [-0.2, 0) is 11.2 Å². The summed E-state index contributed by atoms with van der Waals surface area (Å²) < 4.78 is 0. The second-order valence-corrected chi connectivity index (χ2v) is 7.46. The van der Waals surface area contributed by atoms with Crippen LogP contribution in [0.15, 0.2) is 17.5 Å². The third-order valence-electron chi connectivity index (χ3n) is 4.86. The van der Waals surface area contributed by atoms with Crippen LogP contribution >= 0.6 is 11.3 Å². The zero-order valence-corrected chi connectivity index (χ0v) is 14.1. The van der Waals surface area contributed by atoms with E-state index in [4.69, 9.17) is 0 Å². The van der Waals surface area contributed by atoms with E-state index >= 15 is 0 Å². The Morgan fingerprint density at radius 3 is 2.68 bits per heavy atom. The summed E-state index contributed by atoms with van der Waals surface area (Å²) in [6.45, 7) is 6.03. The Hall–Kier alpha value is -0.910. The van der Waals surface area contributed by atoms with Crippen molar-refractivity contribution in [3.63, 3.8) is 0 Å². The van der Waals surface area contributed by atoms with Gasteiger partial charge in [0.25, 0.3) is 0 Å². The van der Waals surface area contributed by atoms with Crippen molar-refractivity contribution in [2.24, 2.45) is 0 Å². The average molecular weight is 321 g/mol. The van der Waals surface area contributed by atoms with Crippen LogP contribution in [0.5, 0.6) is 0 Å². The number of carbonyl (C=O) groups excluding carboxylic acids is 1. The maximum atomic E-state index is 12.0. The summed E-state index contributed by atoms with van der Waals surface area (Å²) in [5.74, 6) is 0.177. The van der Waals surface area contributed by atoms with Crippen molar-refractivity contribution >= 4 is 17.2 Å². The molecule has 0 unspecified atom stereocenters. The van der Waals surface area contributed by atoms with Gasteiger partial charge in [-0.05, 0) is 56.6 Å². The van der Waals surface area contributed by atoms with Crippen LogP contribution in [-0.4, -0.2) is 61.0 Å². The van der Waals surface area contributed by atoms with Crippen LogP contribution in [0.4, 0.5) is 0 Å². The number of hydrogen-bond acceptors (Lipinski definition) is 4. The molecule has 1 amide bonds. The molecule has 0 radical (unpaired) electrons. The van der Waals surface area contributed by atoms with Crippen LogP contribution in [0.2, 0.25) is 0 Å². The first kappa shape index (κ1) is 16.0. The molecule has 3 rings (SSSR count). The second-order valence-electron chi connectivity index (χ2n) is 6.43. The van der Waals surface area contributed by atoms with Gasteiger partial charge in [-0.15, -0.1) is 11.3 Å². The van der Waals surface area contributed by atoms with E-state index in [1.807, 2.05) is 0 Å². The highest BCUT2D eigenvalue weighted by molar-refractivity contribution is 7.09. The lowest BCUT2D eigenvalue weighted by molar-refractivity contribution is -0.122. The Labute approximate surface area is 137 Å². The minimum Gasteiger partial charge on any atom is -0.355 e. The monoisotopic (exact) mass is 321 g/mol. The van der Waals surface area contributed by atoms with Gasteiger partial charge in [-0.1, -0.05) is 6.07 Å². The maximum Gasteiger partial charge on any atom is 0.234 e. The lowest BCUT2D eigenvalue weighted by Crippen LogP contribution is -2.47. The highest BCUT2D eigenvalue weighted by Crippen LogP contribution is 2.20. The number of likely N-dealkylation sites (tertiary alicyclic amines) is 2. The molecule has 0 aliphatic carbocycles. The van der Waals surface area contributed by atoms with E-state index in [9.17, 15) is 4.79 Å². The molecule has 0 aromatic carbocycles. The highest BCUT2D eigenvalue weighted by Gasteiger charge is 2.26. The molecule has 0 saturated carbocycles. The molecule has 2 saturated heterocycles. The molecule has 2 aliphatic rings. The molecule has 2 aliphatic heterocycles. The van der Waals surface area contributed by atoms with Crippen molar-refractivity contribution in [3.05, 3.63) is 22.4 Å². The first-order valence-electron chi connectivity index (χ1n) is 8.57. The predicted octanol–water partition coefficient (Wildman–Crippen LogP) is 1.97. The van der Waals surface area contributed by atoms with Crippen LogP contribution in [0.25, 0.3) is 0 Å². The van der Waals surface area contributed by atoms with E-state index < -0.39 is 0 Å². The summed E-state index contributed by atoms with van der Waals surface area (Å²) in [6.07, 6.45) is 6.13. The summed E-state index contributed by atoms with van der Waals surface area (Å²) in [7, 11) is 0. The summed E-state index contributed by atoms with van der Waals surface area (Å²) in [4.78, 5) is 18.3. The summed E-state index contributed by atoms with van der Waals surface area (Å²) >= 11 is 1.76. The van der Waals surface area contributed by atoms with Gasteiger partial charge in [0.2, 0.25) is 5.91 Å². The van der Waals surface area contributed by atoms with Gasteiger partial charge in [-0.3, -0.25) is 9.69 Å². The first-order valence-corrected chi connectivity index (χ1v) is 9.45. The van der Waals surface area contributed by atoms with Crippen molar-refractivity contribution < 1.29 is 4.79 Å². The molecule has 0 atom stereocenters. The van der Waals surface area contributed by atoms with E-state index in [1.165, 1.54) is 43.6 Å². The topological polar surface area (TPSA) is 35.6 Å². The zero-order chi connectivity index (χ0) is 15.2. The normalized spacial score (nSPS) is 21.3. The lowest BCUT2D eigenvalue weighted by atomic mass is 10.0. The molecule has 22 heavy (non-hydrogen) atoms. The summed E-state index contributed by atoms with van der Waals surface area (Å²) in [5, 5.41) is 5.14. The molecular weight excluding hydrogens is 294 g/mol. The number of piperidine rings is 1. The summed E-state index contributed by atoms with van der Waals surface area (Å²) in [5.41, 5.74) is 0. The van der Waals surface area contributed by atoms with Gasteiger partial charge < -0.3 is 10.2 Å². The largest absolute Gasteiger partial charge is 0.355 e. The van der Waals surface area contributed by atoms with Crippen molar-refractivity contribution in [3.8, 4) is 0 Å². The van der Waals surface area contributed by atoms with Gasteiger partial charge in [0, 0.05) is 30.6 Å². The van der Waals surface area contributed by atoms with Crippen molar-refractivity contribution in [1.82, 2.24) is 15.1 Å². The van der Waals surface area contributed by atoms with E-state index in [2.05, 4.69) is 32.6 Å². The Bertz CT molecular complexity index is 448. The minimum absolute atomic E-state index is 0.177. The third kappa shape index (κ3) is 4.54. The molecule has 1 aromatic rings. The number of rotatable bonds is 6. The van der Waals surface area contributed by atoms with Gasteiger partial charge in [0.05, 0.1) is 6.54 Å². The minimum atomic E-state index is 0.177. The standard InChI is InChI=1S/C17H27N3OS/c21-17(18-8-5-16-4-3-13-22-16)14-19-11-6-15(7-12-19)20-9-1-2-10-20/h3-4,13,15H,1-2,5-12,14H2,(H,18,21). The van der Waals surface area contributed by atoms with E-state index in [0.29, 0.717) is 6.54 Å². The quantitative estimate of drug-likeness (QED) is 0.870. The Morgan fingerprint density at radius 1 is 1.23 bits per heavy atom. The number of nitrogens with zero attached hydrogens (tertiary/aromatic N) is 2. The number of thiophene rings is 1. The SMILES string of the molecule is O=C(CN1CCC(N2CCCC2)CC1)NCCc1cccs1. The average Bonchev–Trinajstić information content (AvgIpc) is 3.21. The van der Waals surface area contributed by atoms with Crippen molar-refractivity contribution in [2.75, 3.05) is 39.3 Å². The number of nitrogens with one attached hydrogen (secondary N) is 1. The lowest BCUT2D eigenvalue weighted by Gasteiger charge is -2.36. The fraction of sp³-hybridized carbons (Fsp3) is 0.706. The van der Waals surface area contributed by atoms with Gasteiger partial charge in [-0.25, -0.2) is 0 Å². The Kier molecular flexibility index (Phi) is 5.87. The predicted molar refractivity (Wildman–Crippen MR) is 91.3 cm³/mol. The molecule has 1 aromatic heterocycles.